The molecule has 2 saturated carbocycles. The topological polar surface area (TPSA) is 6.48 Å². The molecular weight excluding hydrogens is 232 g/mol. The lowest BCUT2D eigenvalue weighted by atomic mass is 9.93. The molecule has 0 aromatic carbocycles. The normalized spacial score (nSPS) is 37.6. The Morgan fingerprint density at radius 1 is 0.947 bits per heavy atom. The third-order valence-corrected chi connectivity index (χ3v) is 6.22. The molecule has 0 amide bonds. The summed E-state index contributed by atoms with van der Waals surface area (Å²) in [6, 6.07) is 1.69. The van der Waals surface area contributed by atoms with Crippen molar-refractivity contribution >= 4 is 0 Å². The van der Waals surface area contributed by atoms with E-state index in [2.05, 4.69) is 16.7 Å². The molecule has 0 aromatic heterocycles. The molecule has 2 nitrogen and oxygen atoms in total. The second-order valence-electron chi connectivity index (χ2n) is 7.79. The number of fused-ring (bicyclic) bond motifs is 1. The van der Waals surface area contributed by atoms with Crippen LogP contribution in [0, 0.1) is 17.8 Å². The van der Waals surface area contributed by atoms with Gasteiger partial charge in [0.25, 0.3) is 0 Å². The molecule has 2 aliphatic carbocycles. The smallest absolute Gasteiger partial charge is 0.0223 e. The molecular formula is C17H30N2. The van der Waals surface area contributed by atoms with E-state index in [4.69, 9.17) is 0 Å². The zero-order chi connectivity index (χ0) is 12.8. The fourth-order valence-corrected chi connectivity index (χ4v) is 4.67. The Hall–Kier alpha value is -0.0800. The van der Waals surface area contributed by atoms with E-state index in [9.17, 15) is 0 Å². The molecule has 0 N–H and O–H groups in total. The van der Waals surface area contributed by atoms with E-state index in [-0.39, 0.29) is 0 Å². The maximum atomic E-state index is 2.87. The molecule has 2 aliphatic heterocycles. The lowest BCUT2D eigenvalue weighted by Gasteiger charge is -2.48. The van der Waals surface area contributed by atoms with Gasteiger partial charge in [-0.3, -0.25) is 9.80 Å². The van der Waals surface area contributed by atoms with Gasteiger partial charge in [-0.25, -0.2) is 0 Å². The van der Waals surface area contributed by atoms with E-state index in [1.165, 1.54) is 45.4 Å². The Labute approximate surface area is 118 Å². The summed E-state index contributed by atoms with van der Waals surface area (Å²) in [6.07, 6.45) is 10.5. The number of hydrogen-bond acceptors (Lipinski definition) is 2. The molecule has 4 fully saturated rings. The molecule has 2 heterocycles. The van der Waals surface area contributed by atoms with Crippen LogP contribution in [0.1, 0.15) is 51.9 Å². The number of piperidine rings is 1. The van der Waals surface area contributed by atoms with E-state index in [1.807, 2.05) is 0 Å². The molecule has 0 aromatic rings. The lowest BCUT2D eigenvalue weighted by molar-refractivity contribution is 0.00419. The first-order valence-electron chi connectivity index (χ1n) is 8.79. The van der Waals surface area contributed by atoms with E-state index >= 15 is 0 Å². The van der Waals surface area contributed by atoms with Gasteiger partial charge in [0, 0.05) is 31.7 Å². The first-order valence-corrected chi connectivity index (χ1v) is 8.79. The Bertz CT molecular complexity index is 309. The largest absolute Gasteiger partial charge is 0.298 e. The van der Waals surface area contributed by atoms with Gasteiger partial charge in [0.15, 0.2) is 0 Å². The van der Waals surface area contributed by atoms with Crippen molar-refractivity contribution in [1.82, 2.24) is 9.80 Å². The van der Waals surface area contributed by atoms with Gasteiger partial charge < -0.3 is 0 Å². The highest BCUT2D eigenvalue weighted by Gasteiger charge is 2.43. The van der Waals surface area contributed by atoms with Gasteiger partial charge in [0.1, 0.15) is 0 Å². The Morgan fingerprint density at radius 3 is 2.37 bits per heavy atom. The van der Waals surface area contributed by atoms with Crippen LogP contribution in [0.3, 0.4) is 0 Å². The van der Waals surface area contributed by atoms with Gasteiger partial charge in [-0.1, -0.05) is 6.42 Å². The zero-order valence-electron chi connectivity index (χ0n) is 12.6. The predicted molar refractivity (Wildman–Crippen MR) is 79.2 cm³/mol. The van der Waals surface area contributed by atoms with Gasteiger partial charge in [-0.2, -0.15) is 0 Å². The highest BCUT2D eigenvalue weighted by molar-refractivity contribution is 4.96. The van der Waals surface area contributed by atoms with Crippen molar-refractivity contribution < 1.29 is 0 Å². The molecule has 0 radical (unpaired) electrons. The van der Waals surface area contributed by atoms with Gasteiger partial charge in [-0.05, 0) is 69.7 Å². The summed E-state index contributed by atoms with van der Waals surface area (Å²) in [6.45, 7) is 7.99. The van der Waals surface area contributed by atoms with Gasteiger partial charge in [-0.15, -0.1) is 0 Å². The molecule has 2 atom stereocenters. The summed E-state index contributed by atoms with van der Waals surface area (Å²) < 4.78 is 0. The van der Waals surface area contributed by atoms with Crippen molar-refractivity contribution in [2.75, 3.05) is 26.2 Å². The van der Waals surface area contributed by atoms with E-state index in [1.54, 1.807) is 25.7 Å². The Kier molecular flexibility index (Phi) is 3.35. The van der Waals surface area contributed by atoms with Crippen molar-refractivity contribution in [3.05, 3.63) is 0 Å². The quantitative estimate of drug-likeness (QED) is 0.768. The third kappa shape index (κ3) is 2.71. The van der Waals surface area contributed by atoms with Crippen molar-refractivity contribution in [3.8, 4) is 0 Å². The molecule has 2 unspecified atom stereocenters. The van der Waals surface area contributed by atoms with Crippen LogP contribution in [0.5, 0.6) is 0 Å². The monoisotopic (exact) mass is 262 g/mol. The predicted octanol–water partition coefficient (Wildman–Crippen LogP) is 2.98. The van der Waals surface area contributed by atoms with Crippen molar-refractivity contribution in [1.29, 1.82) is 0 Å². The SMILES string of the molecule is CC1CN2CCCCC2CN1CC(C1CC1)C1CC1. The minimum atomic E-state index is 0.800. The summed E-state index contributed by atoms with van der Waals surface area (Å²) in [4.78, 5) is 5.65. The minimum absolute atomic E-state index is 0.800. The first-order chi connectivity index (χ1) is 9.31. The Morgan fingerprint density at radius 2 is 1.68 bits per heavy atom. The van der Waals surface area contributed by atoms with Crippen LogP contribution in [0.4, 0.5) is 0 Å². The van der Waals surface area contributed by atoms with Gasteiger partial charge in [0.05, 0.1) is 0 Å². The first kappa shape index (κ1) is 12.6. The van der Waals surface area contributed by atoms with E-state index < -0.39 is 0 Å². The average molecular weight is 262 g/mol. The second kappa shape index (κ2) is 5.04. The maximum absolute atomic E-state index is 2.87. The standard InChI is InChI=1S/C17H30N2/c1-13-10-18-9-3-2-4-16(18)11-19(13)12-17(14-5-6-14)15-7-8-15/h13-17H,2-12H2,1H3. The van der Waals surface area contributed by atoms with Crippen molar-refractivity contribution in [2.45, 2.75) is 64.0 Å². The fraction of sp³-hybridized carbons (Fsp3) is 1.00. The van der Waals surface area contributed by atoms with E-state index in [0.717, 1.165) is 29.8 Å². The van der Waals surface area contributed by atoms with Crippen LogP contribution in [0.15, 0.2) is 0 Å². The molecule has 19 heavy (non-hydrogen) atoms. The zero-order valence-corrected chi connectivity index (χ0v) is 12.6. The number of hydrogen-bond donors (Lipinski definition) is 0. The van der Waals surface area contributed by atoms with Crippen LogP contribution in [-0.4, -0.2) is 48.1 Å². The fourth-order valence-electron chi connectivity index (χ4n) is 4.67. The van der Waals surface area contributed by atoms with Gasteiger partial charge in [0.2, 0.25) is 0 Å². The Balaban J connectivity index is 1.39. The molecule has 2 heteroatoms. The summed E-state index contributed by atoms with van der Waals surface area (Å²) in [5, 5.41) is 0. The summed E-state index contributed by atoms with van der Waals surface area (Å²) in [5.74, 6) is 3.30. The molecule has 2 saturated heterocycles. The number of rotatable bonds is 4. The van der Waals surface area contributed by atoms with Gasteiger partial charge >= 0.3 is 0 Å². The maximum Gasteiger partial charge on any atom is 0.0223 e. The third-order valence-electron chi connectivity index (χ3n) is 6.22. The number of nitrogens with zero attached hydrogens (tertiary/aromatic N) is 2. The average Bonchev–Trinajstić information content (AvgIpc) is 3.28. The van der Waals surface area contributed by atoms with Crippen LogP contribution < -0.4 is 0 Å². The summed E-state index contributed by atoms with van der Waals surface area (Å²) >= 11 is 0. The van der Waals surface area contributed by atoms with Crippen LogP contribution in [0.25, 0.3) is 0 Å². The summed E-state index contributed by atoms with van der Waals surface area (Å²) in [7, 11) is 0. The minimum Gasteiger partial charge on any atom is -0.298 e. The highest BCUT2D eigenvalue weighted by atomic mass is 15.3. The molecule has 0 spiro atoms. The van der Waals surface area contributed by atoms with E-state index in [0.29, 0.717) is 0 Å². The van der Waals surface area contributed by atoms with Crippen LogP contribution in [-0.2, 0) is 0 Å². The molecule has 4 rings (SSSR count). The highest BCUT2D eigenvalue weighted by Crippen LogP contribution is 2.49. The molecule has 4 aliphatic rings. The number of piperazine rings is 1. The lowest BCUT2D eigenvalue weighted by Crippen LogP contribution is -2.59. The van der Waals surface area contributed by atoms with Crippen molar-refractivity contribution in [3.63, 3.8) is 0 Å². The molecule has 0 bridgehead atoms. The van der Waals surface area contributed by atoms with Crippen LogP contribution in [0.2, 0.25) is 0 Å². The second-order valence-corrected chi connectivity index (χ2v) is 7.79. The van der Waals surface area contributed by atoms with Crippen molar-refractivity contribution in [2.24, 2.45) is 17.8 Å². The molecule has 108 valence electrons. The summed E-state index contributed by atoms with van der Waals surface area (Å²) in [5.41, 5.74) is 0. The van der Waals surface area contributed by atoms with Crippen LogP contribution >= 0.6 is 0 Å².